The lowest BCUT2D eigenvalue weighted by Gasteiger charge is -1.88. The van der Waals surface area contributed by atoms with Gasteiger partial charge in [-0.15, -0.1) is 0 Å². The van der Waals surface area contributed by atoms with Gasteiger partial charge in [-0.25, -0.2) is 4.99 Å². The van der Waals surface area contributed by atoms with Crippen LogP contribution in [0.15, 0.2) is 17.3 Å². The van der Waals surface area contributed by atoms with Crippen LogP contribution in [0.1, 0.15) is 0 Å². The molecule has 0 atom stereocenters. The summed E-state index contributed by atoms with van der Waals surface area (Å²) in [5, 5.41) is 0. The molecule has 0 aromatic carbocycles. The zero-order chi connectivity index (χ0) is 5.82. The van der Waals surface area contributed by atoms with Gasteiger partial charge in [-0.1, -0.05) is 0 Å². The van der Waals surface area contributed by atoms with Crippen LogP contribution in [0.2, 0.25) is 0 Å². The van der Waals surface area contributed by atoms with E-state index in [0.29, 0.717) is 0 Å². The first-order chi connectivity index (χ1) is 3.89. The third-order valence-corrected chi connectivity index (χ3v) is 0.686. The molecule has 42 valence electrons. The third-order valence-electron chi connectivity index (χ3n) is 0.686. The molecule has 0 bridgehead atoms. The van der Waals surface area contributed by atoms with E-state index in [9.17, 15) is 4.79 Å². The zero-order valence-electron chi connectivity index (χ0n) is 4.20. The van der Waals surface area contributed by atoms with E-state index in [1.165, 1.54) is 12.5 Å². The summed E-state index contributed by atoms with van der Waals surface area (Å²) in [6, 6.07) is 0. The normalized spacial score (nSPS) is 17.8. The molecule has 0 aliphatic carbocycles. The topological polar surface area (TPSA) is 38.7 Å². The van der Waals surface area contributed by atoms with Crippen LogP contribution < -0.4 is 0 Å². The number of allylic oxidation sites excluding steroid dienone is 1. The Balaban J connectivity index is 2.58. The lowest BCUT2D eigenvalue weighted by Crippen LogP contribution is -1.99. The van der Waals surface area contributed by atoms with Gasteiger partial charge < -0.3 is 4.74 Å². The highest BCUT2D eigenvalue weighted by Gasteiger charge is 1.95. The SMILES string of the molecule is O=C1COC=CC=N1. The molecule has 1 aliphatic heterocycles. The molecule has 0 saturated carbocycles. The summed E-state index contributed by atoms with van der Waals surface area (Å²) < 4.78 is 4.65. The predicted molar refractivity (Wildman–Crippen MR) is 28.6 cm³/mol. The molecule has 8 heavy (non-hydrogen) atoms. The van der Waals surface area contributed by atoms with Gasteiger partial charge in [0.05, 0.1) is 6.26 Å². The standard InChI is InChI=1S/C5H5NO2/c7-5-4-8-3-1-2-6-5/h1-3H,4H2. The van der Waals surface area contributed by atoms with Gasteiger partial charge in [0.25, 0.3) is 5.91 Å². The molecule has 0 aromatic heterocycles. The quantitative estimate of drug-likeness (QED) is 0.445. The van der Waals surface area contributed by atoms with Gasteiger partial charge in [-0.3, -0.25) is 4.79 Å². The Morgan fingerprint density at radius 2 is 2.62 bits per heavy atom. The van der Waals surface area contributed by atoms with E-state index in [1.807, 2.05) is 0 Å². The minimum Gasteiger partial charge on any atom is -0.491 e. The van der Waals surface area contributed by atoms with Crippen molar-refractivity contribution in [1.82, 2.24) is 0 Å². The number of nitrogens with zero attached hydrogens (tertiary/aromatic N) is 1. The van der Waals surface area contributed by atoms with Gasteiger partial charge in [0.15, 0.2) is 6.61 Å². The van der Waals surface area contributed by atoms with Crippen molar-refractivity contribution < 1.29 is 9.53 Å². The molecule has 0 unspecified atom stereocenters. The Bertz CT molecular complexity index is 149. The maximum Gasteiger partial charge on any atom is 0.283 e. The first kappa shape index (κ1) is 5.03. The number of hydrogen-bond donors (Lipinski definition) is 0. The molecule has 0 aromatic rings. The van der Waals surface area contributed by atoms with Crippen molar-refractivity contribution in [1.29, 1.82) is 0 Å². The maximum absolute atomic E-state index is 10.3. The summed E-state index contributed by atoms with van der Waals surface area (Å²) in [6.07, 6.45) is 4.43. The van der Waals surface area contributed by atoms with Crippen LogP contribution in [0.3, 0.4) is 0 Å². The minimum absolute atomic E-state index is 0.0625. The van der Waals surface area contributed by atoms with Crippen LogP contribution in [0.4, 0.5) is 0 Å². The molecular weight excluding hydrogens is 106 g/mol. The average Bonchev–Trinajstić information content (AvgIpc) is 1.94. The number of aliphatic imine (C=N–C) groups is 1. The van der Waals surface area contributed by atoms with E-state index in [-0.39, 0.29) is 12.5 Å². The Morgan fingerprint density at radius 1 is 1.75 bits per heavy atom. The molecule has 1 heterocycles. The summed E-state index contributed by atoms with van der Waals surface area (Å²) in [5.74, 6) is -0.241. The van der Waals surface area contributed by atoms with Gasteiger partial charge in [0, 0.05) is 6.21 Å². The molecule has 3 heteroatoms. The fourth-order valence-electron chi connectivity index (χ4n) is 0.374. The van der Waals surface area contributed by atoms with E-state index in [0.717, 1.165) is 0 Å². The smallest absolute Gasteiger partial charge is 0.283 e. The van der Waals surface area contributed by atoms with Gasteiger partial charge in [-0.2, -0.15) is 0 Å². The van der Waals surface area contributed by atoms with Crippen LogP contribution in [0.25, 0.3) is 0 Å². The Labute approximate surface area is 46.7 Å². The third kappa shape index (κ3) is 1.18. The maximum atomic E-state index is 10.3. The van der Waals surface area contributed by atoms with Crippen molar-refractivity contribution in [3.05, 3.63) is 12.3 Å². The number of hydrogen-bond acceptors (Lipinski definition) is 2. The number of carbonyl (C=O) groups excluding carboxylic acids is 1. The molecule has 3 nitrogen and oxygen atoms in total. The molecule has 0 fully saturated rings. The zero-order valence-corrected chi connectivity index (χ0v) is 4.20. The van der Waals surface area contributed by atoms with Gasteiger partial charge in [0.1, 0.15) is 0 Å². The van der Waals surface area contributed by atoms with Crippen molar-refractivity contribution >= 4 is 12.1 Å². The van der Waals surface area contributed by atoms with E-state index in [1.54, 1.807) is 6.08 Å². The molecule has 1 aliphatic rings. The highest BCUT2D eigenvalue weighted by molar-refractivity contribution is 5.89. The van der Waals surface area contributed by atoms with Crippen LogP contribution in [0.5, 0.6) is 0 Å². The van der Waals surface area contributed by atoms with Crippen LogP contribution in [-0.2, 0) is 9.53 Å². The lowest BCUT2D eigenvalue weighted by atomic mass is 10.7. The number of amides is 1. The van der Waals surface area contributed by atoms with E-state index >= 15 is 0 Å². The first-order valence-electron chi connectivity index (χ1n) is 2.23. The number of carbonyl (C=O) groups is 1. The first-order valence-corrected chi connectivity index (χ1v) is 2.23. The van der Waals surface area contributed by atoms with Gasteiger partial charge in [-0.05, 0) is 6.08 Å². The highest BCUT2D eigenvalue weighted by Crippen LogP contribution is 1.84. The molecular formula is C5H5NO2. The van der Waals surface area contributed by atoms with Crippen LogP contribution >= 0.6 is 0 Å². The molecule has 0 radical (unpaired) electrons. The van der Waals surface area contributed by atoms with Crippen LogP contribution in [0, 0.1) is 0 Å². The van der Waals surface area contributed by atoms with Crippen molar-refractivity contribution in [2.24, 2.45) is 4.99 Å². The van der Waals surface area contributed by atoms with Crippen molar-refractivity contribution in [2.75, 3.05) is 6.61 Å². The second-order valence-corrected chi connectivity index (χ2v) is 1.31. The summed E-state index contributed by atoms with van der Waals surface area (Å²) in [5.41, 5.74) is 0. The summed E-state index contributed by atoms with van der Waals surface area (Å²) in [6.45, 7) is 0.0625. The Hall–Kier alpha value is -1.12. The molecule has 0 N–H and O–H groups in total. The average molecular weight is 111 g/mol. The largest absolute Gasteiger partial charge is 0.491 e. The second kappa shape index (κ2) is 2.26. The molecule has 1 amide bonds. The van der Waals surface area contributed by atoms with Crippen LogP contribution in [-0.4, -0.2) is 18.7 Å². The molecule has 0 spiro atoms. The van der Waals surface area contributed by atoms with Crippen molar-refractivity contribution in [2.45, 2.75) is 0 Å². The molecule has 1 rings (SSSR count). The van der Waals surface area contributed by atoms with Crippen molar-refractivity contribution in [3.63, 3.8) is 0 Å². The summed E-state index contributed by atoms with van der Waals surface area (Å²) >= 11 is 0. The summed E-state index contributed by atoms with van der Waals surface area (Å²) in [7, 11) is 0. The van der Waals surface area contributed by atoms with E-state index in [2.05, 4.69) is 9.73 Å². The highest BCUT2D eigenvalue weighted by atomic mass is 16.5. The van der Waals surface area contributed by atoms with Gasteiger partial charge in [0.2, 0.25) is 0 Å². The summed E-state index contributed by atoms with van der Waals surface area (Å²) in [4.78, 5) is 13.8. The number of ether oxygens (including phenoxy) is 1. The minimum atomic E-state index is -0.241. The van der Waals surface area contributed by atoms with E-state index < -0.39 is 0 Å². The Morgan fingerprint density at radius 3 is 3.50 bits per heavy atom. The lowest BCUT2D eigenvalue weighted by molar-refractivity contribution is -0.120. The fourth-order valence-corrected chi connectivity index (χ4v) is 0.374. The van der Waals surface area contributed by atoms with E-state index in [4.69, 9.17) is 0 Å². The number of rotatable bonds is 0. The Kier molecular flexibility index (Phi) is 1.42. The monoisotopic (exact) mass is 111 g/mol. The predicted octanol–water partition coefficient (Wildman–Crippen LogP) is 0.128. The second-order valence-electron chi connectivity index (χ2n) is 1.31. The van der Waals surface area contributed by atoms with Gasteiger partial charge >= 0.3 is 0 Å². The molecule has 0 saturated heterocycles. The van der Waals surface area contributed by atoms with Crippen molar-refractivity contribution in [3.8, 4) is 0 Å². The fraction of sp³-hybridized carbons (Fsp3) is 0.200.